The van der Waals surface area contributed by atoms with Crippen LogP contribution < -0.4 is 4.74 Å². The molecule has 1 aliphatic rings. The lowest BCUT2D eigenvalue weighted by Gasteiger charge is -2.13. The first kappa shape index (κ1) is 19.5. The molecule has 0 bridgehead atoms. The van der Waals surface area contributed by atoms with Crippen LogP contribution in [0.1, 0.15) is 36.2 Å². The molecule has 0 N–H and O–H groups in total. The van der Waals surface area contributed by atoms with Crippen LogP contribution in [-0.2, 0) is 0 Å². The Morgan fingerprint density at radius 2 is 1.83 bits per heavy atom. The fraction of sp³-hybridized carbons (Fsp3) is 0.300. The molecule has 0 radical (unpaired) electrons. The van der Waals surface area contributed by atoms with Gasteiger partial charge in [0.15, 0.2) is 16.8 Å². The average molecular weight is 416 g/mol. The molecule has 29 heavy (non-hydrogen) atoms. The maximum atomic E-state index is 12.8. The molecule has 1 atom stereocenters. The largest absolute Gasteiger partial charge is 0.435 e. The third-order valence-electron chi connectivity index (χ3n) is 4.53. The van der Waals surface area contributed by atoms with Crippen LogP contribution in [-0.4, -0.2) is 37.4 Å². The number of carbonyl (C=O) groups is 1. The number of halogens is 2. The van der Waals surface area contributed by atoms with E-state index < -0.39 is 11.9 Å². The Morgan fingerprint density at radius 3 is 2.45 bits per heavy atom. The molecule has 0 unspecified atom stereocenters. The highest BCUT2D eigenvalue weighted by atomic mass is 32.2. The van der Waals surface area contributed by atoms with Crippen molar-refractivity contribution in [2.45, 2.75) is 42.8 Å². The number of hydrogen-bond acceptors (Lipinski definition) is 6. The number of hydrogen-bond donors (Lipinski definition) is 0. The third-order valence-corrected chi connectivity index (χ3v) is 5.59. The lowest BCUT2D eigenvalue weighted by molar-refractivity contribution is -0.0498. The molecule has 2 aromatic heterocycles. The van der Waals surface area contributed by atoms with E-state index in [1.807, 2.05) is 12.1 Å². The second kappa shape index (κ2) is 8.28. The van der Waals surface area contributed by atoms with Crippen LogP contribution in [0.15, 0.2) is 53.9 Å². The Labute approximate surface area is 170 Å². The van der Waals surface area contributed by atoms with Crippen molar-refractivity contribution in [3.63, 3.8) is 0 Å². The van der Waals surface area contributed by atoms with Crippen LogP contribution in [0.4, 0.5) is 8.78 Å². The van der Waals surface area contributed by atoms with Crippen molar-refractivity contribution in [2.75, 3.05) is 0 Å². The summed E-state index contributed by atoms with van der Waals surface area (Å²) in [6, 6.07) is 9.82. The van der Waals surface area contributed by atoms with Gasteiger partial charge < -0.3 is 4.74 Å². The Hall–Kier alpha value is -2.81. The summed E-state index contributed by atoms with van der Waals surface area (Å²) in [7, 11) is 0. The van der Waals surface area contributed by atoms with E-state index in [1.54, 1.807) is 19.3 Å². The number of aromatic nitrogens is 4. The molecular formula is C20H18F2N4O2S. The van der Waals surface area contributed by atoms with E-state index in [9.17, 15) is 13.6 Å². The van der Waals surface area contributed by atoms with E-state index in [2.05, 4.69) is 24.5 Å². The molecule has 6 nitrogen and oxygen atoms in total. The molecule has 0 saturated heterocycles. The van der Waals surface area contributed by atoms with Crippen molar-refractivity contribution in [1.82, 2.24) is 19.7 Å². The van der Waals surface area contributed by atoms with Gasteiger partial charge in [-0.05, 0) is 56.2 Å². The molecule has 9 heteroatoms. The molecule has 2 heterocycles. The topological polar surface area (TPSA) is 69.9 Å². The van der Waals surface area contributed by atoms with Gasteiger partial charge in [-0.3, -0.25) is 14.3 Å². The number of rotatable bonds is 8. The molecule has 0 amide bonds. The highest BCUT2D eigenvalue weighted by Crippen LogP contribution is 2.41. The molecule has 1 aliphatic carbocycles. The van der Waals surface area contributed by atoms with E-state index in [4.69, 9.17) is 0 Å². The van der Waals surface area contributed by atoms with Gasteiger partial charge in [0.1, 0.15) is 5.75 Å². The average Bonchev–Trinajstić information content (AvgIpc) is 3.48. The molecular weight excluding hydrogens is 398 g/mol. The number of carbonyl (C=O) groups excluding carboxylic acids is 1. The molecule has 1 saturated carbocycles. The van der Waals surface area contributed by atoms with Gasteiger partial charge in [-0.15, -0.1) is 10.2 Å². The predicted molar refractivity (Wildman–Crippen MR) is 104 cm³/mol. The summed E-state index contributed by atoms with van der Waals surface area (Å²) in [5, 5.41) is 8.93. The lowest BCUT2D eigenvalue weighted by Crippen LogP contribution is -2.15. The lowest BCUT2D eigenvalue weighted by atomic mass is 10.1. The minimum Gasteiger partial charge on any atom is -0.435 e. The molecule has 0 aliphatic heterocycles. The van der Waals surface area contributed by atoms with Crippen LogP contribution >= 0.6 is 11.8 Å². The number of nitrogens with zero attached hydrogens (tertiary/aromatic N) is 4. The van der Waals surface area contributed by atoms with Crippen LogP contribution in [0, 0.1) is 0 Å². The SMILES string of the molecule is C[C@H](Sc1nnc(-c2ccncc2)n1C1CC1)C(=O)c1ccc(OC(F)F)cc1. The van der Waals surface area contributed by atoms with Gasteiger partial charge >= 0.3 is 6.61 Å². The van der Waals surface area contributed by atoms with Crippen molar-refractivity contribution < 1.29 is 18.3 Å². The summed E-state index contributed by atoms with van der Waals surface area (Å²) in [5.74, 6) is 0.673. The van der Waals surface area contributed by atoms with Gasteiger partial charge in [-0.2, -0.15) is 8.78 Å². The zero-order valence-electron chi connectivity index (χ0n) is 15.5. The quantitative estimate of drug-likeness (QED) is 0.394. The van der Waals surface area contributed by atoms with E-state index in [0.29, 0.717) is 16.8 Å². The minimum absolute atomic E-state index is 0.0207. The Bertz CT molecular complexity index is 991. The Kier molecular flexibility index (Phi) is 5.57. The zero-order valence-corrected chi connectivity index (χ0v) is 16.4. The van der Waals surface area contributed by atoms with Crippen molar-refractivity contribution in [3.8, 4) is 17.1 Å². The standard InChI is InChI=1S/C20H18F2N4O2S/c1-12(17(27)13-2-6-16(7-3-13)28-19(21)22)29-20-25-24-18(26(20)15-4-5-15)14-8-10-23-11-9-14/h2-3,6-12,15,19H,4-5H2,1H3/t12-/m0/s1. The van der Waals surface area contributed by atoms with Crippen molar-refractivity contribution in [3.05, 3.63) is 54.4 Å². The summed E-state index contributed by atoms with van der Waals surface area (Å²) in [6.07, 6.45) is 5.53. The first-order valence-corrected chi connectivity index (χ1v) is 10.0. The minimum atomic E-state index is -2.89. The highest BCUT2D eigenvalue weighted by molar-refractivity contribution is 8.00. The smallest absolute Gasteiger partial charge is 0.387 e. The molecule has 1 aromatic carbocycles. The number of alkyl halides is 2. The van der Waals surface area contributed by atoms with Crippen LogP contribution in [0.5, 0.6) is 5.75 Å². The second-order valence-electron chi connectivity index (χ2n) is 6.67. The maximum absolute atomic E-state index is 12.8. The molecule has 150 valence electrons. The molecule has 0 spiro atoms. The molecule has 4 rings (SSSR count). The monoisotopic (exact) mass is 416 g/mol. The zero-order chi connectivity index (χ0) is 20.4. The van der Waals surface area contributed by atoms with Gasteiger partial charge in [-0.25, -0.2) is 0 Å². The van der Waals surface area contributed by atoms with Crippen LogP contribution in [0.25, 0.3) is 11.4 Å². The maximum Gasteiger partial charge on any atom is 0.387 e. The number of Topliss-reactive ketones (excluding diaryl/α,β-unsaturated/α-hetero) is 1. The number of thioether (sulfide) groups is 1. The van der Waals surface area contributed by atoms with Gasteiger partial charge in [0.05, 0.1) is 5.25 Å². The number of pyridine rings is 1. The van der Waals surface area contributed by atoms with Crippen LogP contribution in [0.3, 0.4) is 0 Å². The molecule has 1 fully saturated rings. The summed E-state index contributed by atoms with van der Waals surface area (Å²) in [4.78, 5) is 16.8. The van der Waals surface area contributed by atoms with Gasteiger partial charge in [-0.1, -0.05) is 11.8 Å². The predicted octanol–water partition coefficient (Wildman–Crippen LogP) is 4.64. The summed E-state index contributed by atoms with van der Waals surface area (Å²) in [5.41, 5.74) is 1.36. The van der Waals surface area contributed by atoms with E-state index in [-0.39, 0.29) is 11.5 Å². The highest BCUT2D eigenvalue weighted by Gasteiger charge is 2.31. The van der Waals surface area contributed by atoms with E-state index >= 15 is 0 Å². The Morgan fingerprint density at radius 1 is 1.14 bits per heavy atom. The summed E-state index contributed by atoms with van der Waals surface area (Å²) >= 11 is 1.34. The normalized spacial score (nSPS) is 14.8. The van der Waals surface area contributed by atoms with Gasteiger partial charge in [0.2, 0.25) is 0 Å². The number of ketones is 1. The number of benzene rings is 1. The first-order valence-electron chi connectivity index (χ1n) is 9.14. The van der Waals surface area contributed by atoms with Crippen molar-refractivity contribution >= 4 is 17.5 Å². The van der Waals surface area contributed by atoms with Crippen LogP contribution in [0.2, 0.25) is 0 Å². The summed E-state index contributed by atoms with van der Waals surface area (Å²) in [6.45, 7) is -1.09. The third kappa shape index (κ3) is 4.45. The number of ether oxygens (including phenoxy) is 1. The van der Waals surface area contributed by atoms with E-state index in [1.165, 1.54) is 36.0 Å². The van der Waals surface area contributed by atoms with Crippen molar-refractivity contribution in [1.29, 1.82) is 0 Å². The second-order valence-corrected chi connectivity index (χ2v) is 7.98. The molecule has 3 aromatic rings. The van der Waals surface area contributed by atoms with E-state index in [0.717, 1.165) is 24.2 Å². The van der Waals surface area contributed by atoms with Gasteiger partial charge in [0, 0.05) is 29.6 Å². The summed E-state index contributed by atoms with van der Waals surface area (Å²) < 4.78 is 31.0. The van der Waals surface area contributed by atoms with Gasteiger partial charge in [0.25, 0.3) is 0 Å². The van der Waals surface area contributed by atoms with Crippen molar-refractivity contribution in [2.24, 2.45) is 0 Å². The fourth-order valence-electron chi connectivity index (χ4n) is 2.96. The Balaban J connectivity index is 1.52. The fourth-order valence-corrected chi connectivity index (χ4v) is 3.96. The first-order chi connectivity index (χ1) is 14.0.